The normalized spacial score (nSPS) is 17.4. The molecular weight excluding hydrogens is 533 g/mol. The Morgan fingerprint density at radius 3 is 2.38 bits per heavy atom. The lowest BCUT2D eigenvalue weighted by Crippen LogP contribution is -2.23. The summed E-state index contributed by atoms with van der Waals surface area (Å²) in [6.45, 7) is 6.78. The third-order valence-corrected chi connectivity index (χ3v) is 7.05. The third kappa shape index (κ3) is 5.16. The van der Waals surface area contributed by atoms with E-state index in [4.69, 9.17) is 11.6 Å². The second kappa shape index (κ2) is 9.49. The molecule has 1 saturated carbocycles. The average Bonchev–Trinajstić information content (AvgIpc) is 3.67. The van der Waals surface area contributed by atoms with Crippen molar-refractivity contribution in [3.05, 3.63) is 92.4 Å². The first kappa shape index (κ1) is 26.9. The molecule has 0 bridgehead atoms. The lowest BCUT2D eigenvalue weighted by atomic mass is 10.1. The predicted molar refractivity (Wildman–Crippen MR) is 138 cm³/mol. The maximum Gasteiger partial charge on any atom is 0.434 e. The molecule has 1 aliphatic rings. The molecule has 8 nitrogen and oxygen atoms in total. The van der Waals surface area contributed by atoms with Crippen molar-refractivity contribution in [3.63, 3.8) is 0 Å². The Labute approximate surface area is 226 Å². The van der Waals surface area contributed by atoms with Gasteiger partial charge in [-0.1, -0.05) is 11.6 Å². The molecule has 2 atom stereocenters. The standard InChI is InChI=1S/C27H24ClF3N6O2/c1-13-10-33-19(18-5-6-32-25(36-18)26(3,4)39)9-21(13)37-14(2)7-17(23(28)24(37)38)15-8-16(15)20-11-35-22(12-34-20)27(29,30)31/h5-7,9-12,15-16,39H,8H2,1-4H3/t15-,16-/m0/s1. The van der Waals surface area contributed by atoms with Crippen molar-refractivity contribution in [2.45, 2.75) is 57.7 Å². The minimum atomic E-state index is -4.56. The molecule has 1 N–H and O–H groups in total. The van der Waals surface area contributed by atoms with E-state index in [0.29, 0.717) is 40.4 Å². The van der Waals surface area contributed by atoms with Gasteiger partial charge >= 0.3 is 6.18 Å². The minimum Gasteiger partial charge on any atom is -0.382 e. The monoisotopic (exact) mass is 556 g/mol. The summed E-state index contributed by atoms with van der Waals surface area (Å²) in [6.07, 6.45) is 1.06. The van der Waals surface area contributed by atoms with Gasteiger partial charge in [0.1, 0.15) is 10.6 Å². The molecule has 4 aromatic heterocycles. The van der Waals surface area contributed by atoms with Crippen molar-refractivity contribution in [2.24, 2.45) is 0 Å². The Kier molecular flexibility index (Phi) is 6.54. The number of aryl methyl sites for hydroxylation is 2. The van der Waals surface area contributed by atoms with Crippen LogP contribution in [0.3, 0.4) is 0 Å². The molecule has 4 aromatic rings. The van der Waals surface area contributed by atoms with Crippen LogP contribution < -0.4 is 5.56 Å². The van der Waals surface area contributed by atoms with Gasteiger partial charge in [-0.15, -0.1) is 0 Å². The molecule has 39 heavy (non-hydrogen) atoms. The first-order valence-corrected chi connectivity index (χ1v) is 12.5. The highest BCUT2D eigenvalue weighted by Gasteiger charge is 2.43. The zero-order valence-corrected chi connectivity index (χ0v) is 22.2. The SMILES string of the molecule is Cc1cnc(-c2ccnc(C(C)(C)O)n2)cc1-n1c(C)cc([C@H]2C[C@@H]2c2cnc(C(F)(F)F)cn2)c(Cl)c1=O. The smallest absolute Gasteiger partial charge is 0.382 e. The Hall–Kier alpha value is -3.70. The van der Waals surface area contributed by atoms with Gasteiger partial charge in [-0.25, -0.2) is 15.0 Å². The van der Waals surface area contributed by atoms with Crippen LogP contribution in [0.5, 0.6) is 0 Å². The van der Waals surface area contributed by atoms with Gasteiger partial charge in [-0.2, -0.15) is 13.2 Å². The van der Waals surface area contributed by atoms with Gasteiger partial charge in [0.05, 0.1) is 29.0 Å². The van der Waals surface area contributed by atoms with E-state index in [2.05, 4.69) is 24.9 Å². The number of aliphatic hydroxyl groups is 1. The zero-order valence-electron chi connectivity index (χ0n) is 21.5. The first-order valence-electron chi connectivity index (χ1n) is 12.1. The second-order valence-electron chi connectivity index (χ2n) is 10.1. The summed E-state index contributed by atoms with van der Waals surface area (Å²) < 4.78 is 40.0. The summed E-state index contributed by atoms with van der Waals surface area (Å²) in [7, 11) is 0. The molecule has 0 unspecified atom stereocenters. The Morgan fingerprint density at radius 1 is 1.00 bits per heavy atom. The quantitative estimate of drug-likeness (QED) is 0.357. The summed E-state index contributed by atoms with van der Waals surface area (Å²) in [5.41, 5.74) is 1.23. The van der Waals surface area contributed by atoms with Crippen LogP contribution in [0.1, 0.15) is 66.1 Å². The van der Waals surface area contributed by atoms with Crippen LogP contribution in [-0.2, 0) is 11.8 Å². The Balaban J connectivity index is 1.49. The Bertz CT molecular complexity index is 1630. The van der Waals surface area contributed by atoms with Crippen molar-refractivity contribution >= 4 is 11.6 Å². The lowest BCUT2D eigenvalue weighted by Gasteiger charge is -2.17. The van der Waals surface area contributed by atoms with Crippen LogP contribution in [-0.4, -0.2) is 34.6 Å². The van der Waals surface area contributed by atoms with Crippen molar-refractivity contribution < 1.29 is 18.3 Å². The predicted octanol–water partition coefficient (Wildman–Crippen LogP) is 5.27. The molecule has 1 aliphatic carbocycles. The highest BCUT2D eigenvalue weighted by atomic mass is 35.5. The van der Waals surface area contributed by atoms with E-state index in [1.807, 2.05) is 13.0 Å². The van der Waals surface area contributed by atoms with Gasteiger partial charge in [0.25, 0.3) is 5.56 Å². The van der Waals surface area contributed by atoms with Crippen LogP contribution in [0.15, 0.2) is 47.8 Å². The molecule has 5 rings (SSSR count). The van der Waals surface area contributed by atoms with Crippen molar-refractivity contribution in [1.82, 2.24) is 29.5 Å². The molecule has 0 saturated heterocycles. The van der Waals surface area contributed by atoms with Gasteiger partial charge in [-0.05, 0) is 69.4 Å². The van der Waals surface area contributed by atoms with E-state index in [9.17, 15) is 23.1 Å². The fourth-order valence-corrected chi connectivity index (χ4v) is 4.81. The average molecular weight is 557 g/mol. The molecule has 12 heteroatoms. The number of hydrogen-bond acceptors (Lipinski definition) is 7. The summed E-state index contributed by atoms with van der Waals surface area (Å²) >= 11 is 6.59. The van der Waals surface area contributed by atoms with Crippen molar-refractivity contribution in [1.29, 1.82) is 0 Å². The number of nitrogens with zero attached hydrogens (tertiary/aromatic N) is 6. The van der Waals surface area contributed by atoms with Crippen molar-refractivity contribution in [3.8, 4) is 17.1 Å². The van der Waals surface area contributed by atoms with Crippen LogP contribution >= 0.6 is 11.6 Å². The maximum absolute atomic E-state index is 13.5. The van der Waals surface area contributed by atoms with E-state index < -0.39 is 23.0 Å². The fourth-order valence-electron chi connectivity index (χ4n) is 4.54. The minimum absolute atomic E-state index is 0.0390. The van der Waals surface area contributed by atoms with Crippen molar-refractivity contribution in [2.75, 3.05) is 0 Å². The molecule has 0 aromatic carbocycles. The number of alkyl halides is 3. The number of pyridine rings is 2. The summed E-state index contributed by atoms with van der Waals surface area (Å²) in [5, 5.41) is 10.3. The number of halogens is 4. The van der Waals surface area contributed by atoms with E-state index >= 15 is 0 Å². The van der Waals surface area contributed by atoms with Gasteiger partial charge in [0.15, 0.2) is 11.5 Å². The van der Waals surface area contributed by atoms with Crippen LogP contribution in [0.4, 0.5) is 13.2 Å². The summed E-state index contributed by atoms with van der Waals surface area (Å²) in [5.74, 6) is -0.0923. The number of hydrogen-bond donors (Lipinski definition) is 1. The molecule has 1 fully saturated rings. The van der Waals surface area contributed by atoms with Gasteiger partial charge < -0.3 is 5.11 Å². The van der Waals surface area contributed by atoms with Crippen LogP contribution in [0.2, 0.25) is 5.02 Å². The third-order valence-electron chi connectivity index (χ3n) is 6.67. The molecule has 0 spiro atoms. The van der Waals surface area contributed by atoms with Gasteiger partial charge in [0.2, 0.25) is 0 Å². The molecule has 4 heterocycles. The molecule has 0 radical (unpaired) electrons. The molecule has 0 amide bonds. The van der Waals surface area contributed by atoms with Crippen LogP contribution in [0.25, 0.3) is 17.1 Å². The maximum atomic E-state index is 13.5. The van der Waals surface area contributed by atoms with E-state index in [-0.39, 0.29) is 22.7 Å². The molecular formula is C27H24ClF3N6O2. The first-order chi connectivity index (χ1) is 18.3. The van der Waals surface area contributed by atoms with Crippen LogP contribution in [0, 0.1) is 13.8 Å². The fraction of sp³-hybridized carbons (Fsp3) is 0.333. The van der Waals surface area contributed by atoms with Gasteiger partial charge in [0, 0.05) is 30.2 Å². The number of rotatable bonds is 5. The highest BCUT2D eigenvalue weighted by Crippen LogP contribution is 2.55. The van der Waals surface area contributed by atoms with Gasteiger partial charge in [-0.3, -0.25) is 19.3 Å². The topological polar surface area (TPSA) is 107 Å². The van der Waals surface area contributed by atoms with E-state index in [1.54, 1.807) is 39.1 Å². The summed E-state index contributed by atoms with van der Waals surface area (Å²) in [6, 6.07) is 5.22. The zero-order chi connectivity index (χ0) is 28.3. The van der Waals surface area contributed by atoms with E-state index in [1.165, 1.54) is 10.8 Å². The highest BCUT2D eigenvalue weighted by molar-refractivity contribution is 6.31. The summed E-state index contributed by atoms with van der Waals surface area (Å²) in [4.78, 5) is 34.0. The Morgan fingerprint density at radius 2 is 1.74 bits per heavy atom. The largest absolute Gasteiger partial charge is 0.434 e. The van der Waals surface area contributed by atoms with E-state index in [0.717, 1.165) is 18.0 Å². The number of aromatic nitrogens is 6. The lowest BCUT2D eigenvalue weighted by molar-refractivity contribution is -0.141. The molecule has 202 valence electrons. The second-order valence-corrected chi connectivity index (χ2v) is 10.5. The molecule has 0 aliphatic heterocycles.